The molecule has 0 spiro atoms. The lowest BCUT2D eigenvalue weighted by Crippen LogP contribution is -2.24. The number of benzene rings is 2. The number of hydrogen-bond acceptors (Lipinski definition) is 6. The van der Waals surface area contributed by atoms with E-state index in [1.165, 1.54) is 26.4 Å². The van der Waals surface area contributed by atoms with Crippen LogP contribution in [0.25, 0.3) is 11.3 Å². The number of methoxy groups -OCH3 is 2. The molecule has 0 aliphatic rings. The zero-order valence-electron chi connectivity index (χ0n) is 15.2. The third-order valence-corrected chi connectivity index (χ3v) is 5.57. The van der Waals surface area contributed by atoms with Crippen molar-refractivity contribution < 1.29 is 22.4 Å². The molecule has 0 amide bonds. The molecule has 0 saturated carbocycles. The van der Waals surface area contributed by atoms with E-state index in [1.54, 1.807) is 13.0 Å². The van der Waals surface area contributed by atoms with Crippen LogP contribution >= 0.6 is 0 Å². The highest BCUT2D eigenvalue weighted by atomic mass is 32.2. The molecule has 2 aromatic carbocycles. The summed E-state index contributed by atoms with van der Waals surface area (Å²) in [5.41, 5.74) is 2.14. The van der Waals surface area contributed by atoms with Crippen molar-refractivity contribution in [2.45, 2.75) is 18.4 Å². The minimum atomic E-state index is -3.82. The Kier molecular flexibility index (Phi) is 5.48. The van der Waals surface area contributed by atoms with Crippen LogP contribution in [0.15, 0.2) is 57.9 Å². The van der Waals surface area contributed by atoms with Gasteiger partial charge in [-0.15, -0.1) is 0 Å². The number of rotatable bonds is 7. The van der Waals surface area contributed by atoms with Gasteiger partial charge in [0, 0.05) is 23.7 Å². The van der Waals surface area contributed by atoms with Crippen LogP contribution in [0.4, 0.5) is 0 Å². The second-order valence-corrected chi connectivity index (χ2v) is 7.51. The summed E-state index contributed by atoms with van der Waals surface area (Å²) in [5.74, 6) is 1.26. The first-order valence-corrected chi connectivity index (χ1v) is 9.67. The first kappa shape index (κ1) is 18.9. The maximum absolute atomic E-state index is 12.8. The van der Waals surface area contributed by atoms with Gasteiger partial charge in [-0.1, -0.05) is 35.5 Å². The molecule has 27 heavy (non-hydrogen) atoms. The van der Waals surface area contributed by atoms with Crippen LogP contribution in [0, 0.1) is 6.92 Å². The van der Waals surface area contributed by atoms with Crippen molar-refractivity contribution >= 4 is 10.0 Å². The summed E-state index contributed by atoms with van der Waals surface area (Å²) in [7, 11) is -0.911. The lowest BCUT2D eigenvalue weighted by atomic mass is 10.1. The first-order valence-electron chi connectivity index (χ1n) is 8.18. The first-order chi connectivity index (χ1) is 13.0. The fraction of sp³-hybridized carbons (Fsp3) is 0.211. The minimum absolute atomic E-state index is 0.0289. The van der Waals surface area contributed by atoms with Crippen molar-refractivity contribution in [1.29, 1.82) is 0 Å². The maximum Gasteiger partial charge on any atom is 0.244 e. The SMILES string of the molecule is COc1ccc(S(=O)(=O)NCc2c(-c3ccccc3)noc2C)c(OC)c1. The Hall–Kier alpha value is -2.84. The normalized spacial score (nSPS) is 11.4. The van der Waals surface area contributed by atoms with E-state index < -0.39 is 10.0 Å². The Morgan fingerprint density at radius 3 is 2.48 bits per heavy atom. The molecular formula is C19H20N2O5S. The summed E-state index contributed by atoms with van der Waals surface area (Å²) in [6.45, 7) is 1.79. The van der Waals surface area contributed by atoms with Gasteiger partial charge in [-0.25, -0.2) is 13.1 Å². The van der Waals surface area contributed by atoms with Gasteiger partial charge in [-0.3, -0.25) is 0 Å². The van der Waals surface area contributed by atoms with Gasteiger partial charge in [0.25, 0.3) is 0 Å². The number of aryl methyl sites for hydroxylation is 1. The molecule has 8 heteroatoms. The monoisotopic (exact) mass is 388 g/mol. The fourth-order valence-electron chi connectivity index (χ4n) is 2.66. The molecule has 142 valence electrons. The smallest absolute Gasteiger partial charge is 0.244 e. The highest BCUT2D eigenvalue weighted by molar-refractivity contribution is 7.89. The molecule has 0 aliphatic heterocycles. The van der Waals surface area contributed by atoms with Crippen LogP contribution in [0.1, 0.15) is 11.3 Å². The van der Waals surface area contributed by atoms with Gasteiger partial charge in [-0.05, 0) is 19.1 Å². The molecule has 0 unspecified atom stereocenters. The summed E-state index contributed by atoms with van der Waals surface area (Å²) in [4.78, 5) is 0.0289. The Bertz CT molecular complexity index is 1030. The van der Waals surface area contributed by atoms with Crippen LogP contribution in [0.5, 0.6) is 11.5 Å². The molecule has 0 atom stereocenters. The standard InChI is InChI=1S/C19H20N2O5S/c1-13-16(19(21-26-13)14-7-5-4-6-8-14)12-20-27(22,23)18-10-9-15(24-2)11-17(18)25-3/h4-11,20H,12H2,1-3H3. The quantitative estimate of drug-likeness (QED) is 0.669. The number of sulfonamides is 1. The second kappa shape index (κ2) is 7.81. The lowest BCUT2D eigenvalue weighted by Gasteiger charge is -2.12. The van der Waals surface area contributed by atoms with E-state index >= 15 is 0 Å². The van der Waals surface area contributed by atoms with Gasteiger partial charge in [0.05, 0.1) is 14.2 Å². The molecule has 1 aromatic heterocycles. The molecule has 0 aliphatic carbocycles. The predicted molar refractivity (Wildman–Crippen MR) is 100 cm³/mol. The summed E-state index contributed by atoms with van der Waals surface area (Å²) < 4.78 is 43.7. The molecule has 3 rings (SSSR count). The number of aromatic nitrogens is 1. The van der Waals surface area contributed by atoms with Gasteiger partial charge in [0.15, 0.2) is 0 Å². The third kappa shape index (κ3) is 3.96. The third-order valence-electron chi connectivity index (χ3n) is 4.13. The summed E-state index contributed by atoms with van der Waals surface area (Å²) in [6, 6.07) is 14.0. The average molecular weight is 388 g/mol. The van der Waals surface area contributed by atoms with E-state index in [1.807, 2.05) is 30.3 Å². The Morgan fingerprint density at radius 2 is 1.81 bits per heavy atom. The van der Waals surface area contributed by atoms with Crippen molar-refractivity contribution in [2.75, 3.05) is 14.2 Å². The number of ether oxygens (including phenoxy) is 2. The Balaban J connectivity index is 1.88. The topological polar surface area (TPSA) is 90.7 Å². The molecule has 0 radical (unpaired) electrons. The van der Waals surface area contributed by atoms with Gasteiger partial charge in [0.1, 0.15) is 27.8 Å². The molecule has 0 bridgehead atoms. The van der Waals surface area contributed by atoms with Crippen LogP contribution < -0.4 is 14.2 Å². The van der Waals surface area contributed by atoms with Gasteiger partial charge in [-0.2, -0.15) is 0 Å². The molecule has 1 N–H and O–H groups in total. The van der Waals surface area contributed by atoms with Gasteiger partial charge < -0.3 is 14.0 Å². The van der Waals surface area contributed by atoms with Crippen LogP contribution in [0.2, 0.25) is 0 Å². The highest BCUT2D eigenvalue weighted by Crippen LogP contribution is 2.29. The maximum atomic E-state index is 12.8. The van der Waals surface area contributed by atoms with Crippen LogP contribution in [-0.2, 0) is 16.6 Å². The van der Waals surface area contributed by atoms with Gasteiger partial charge >= 0.3 is 0 Å². The van der Waals surface area contributed by atoms with Crippen molar-refractivity contribution in [1.82, 2.24) is 9.88 Å². The van der Waals surface area contributed by atoms with E-state index in [9.17, 15) is 8.42 Å². The number of nitrogens with zero attached hydrogens (tertiary/aromatic N) is 1. The van der Waals surface area contributed by atoms with Crippen molar-refractivity contribution in [2.24, 2.45) is 0 Å². The average Bonchev–Trinajstić information content (AvgIpc) is 3.07. The van der Waals surface area contributed by atoms with Gasteiger partial charge in [0.2, 0.25) is 10.0 Å². The molecule has 0 saturated heterocycles. The number of nitrogens with one attached hydrogen (secondary N) is 1. The number of hydrogen-bond donors (Lipinski definition) is 1. The van der Waals surface area contributed by atoms with E-state index in [0.29, 0.717) is 22.8 Å². The summed E-state index contributed by atoms with van der Waals surface area (Å²) in [6.07, 6.45) is 0. The predicted octanol–water partition coefficient (Wildman–Crippen LogP) is 3.15. The summed E-state index contributed by atoms with van der Waals surface area (Å²) in [5, 5.41) is 4.06. The van der Waals surface area contributed by atoms with E-state index in [0.717, 1.165) is 5.56 Å². The minimum Gasteiger partial charge on any atom is -0.497 e. The van der Waals surface area contributed by atoms with Crippen molar-refractivity contribution in [3.63, 3.8) is 0 Å². The highest BCUT2D eigenvalue weighted by Gasteiger charge is 2.22. The molecule has 0 fully saturated rings. The van der Waals surface area contributed by atoms with E-state index in [2.05, 4.69) is 9.88 Å². The zero-order chi connectivity index (χ0) is 19.4. The zero-order valence-corrected chi connectivity index (χ0v) is 16.0. The molecule has 1 heterocycles. The van der Waals surface area contributed by atoms with E-state index in [4.69, 9.17) is 14.0 Å². The molecule has 3 aromatic rings. The fourth-order valence-corrected chi connectivity index (χ4v) is 3.81. The Morgan fingerprint density at radius 1 is 1.07 bits per heavy atom. The van der Waals surface area contributed by atoms with Crippen molar-refractivity contribution in [3.05, 3.63) is 59.9 Å². The van der Waals surface area contributed by atoms with Crippen LogP contribution in [-0.4, -0.2) is 27.8 Å². The molecule has 7 nitrogen and oxygen atoms in total. The van der Waals surface area contributed by atoms with Crippen LogP contribution in [0.3, 0.4) is 0 Å². The Labute approximate surface area is 158 Å². The largest absolute Gasteiger partial charge is 0.497 e. The second-order valence-electron chi connectivity index (χ2n) is 5.77. The lowest BCUT2D eigenvalue weighted by molar-refractivity contribution is 0.386. The van der Waals surface area contributed by atoms with E-state index in [-0.39, 0.29) is 17.2 Å². The van der Waals surface area contributed by atoms with Crippen molar-refractivity contribution in [3.8, 4) is 22.8 Å². The summed E-state index contributed by atoms with van der Waals surface area (Å²) >= 11 is 0. The molecular weight excluding hydrogens is 368 g/mol.